The SMILES string of the molecule is OC(CN1CCNCC1)CN1CCC2CCCCC21. The highest BCUT2D eigenvalue weighted by molar-refractivity contribution is 4.90. The molecule has 0 amide bonds. The first-order valence-corrected chi connectivity index (χ1v) is 8.18. The van der Waals surface area contributed by atoms with Gasteiger partial charge in [0.1, 0.15) is 0 Å². The van der Waals surface area contributed by atoms with Crippen molar-refractivity contribution in [3.05, 3.63) is 0 Å². The molecule has 0 aromatic rings. The van der Waals surface area contributed by atoms with E-state index < -0.39 is 0 Å². The van der Waals surface area contributed by atoms with E-state index in [4.69, 9.17) is 0 Å². The van der Waals surface area contributed by atoms with E-state index in [1.165, 1.54) is 38.6 Å². The number of nitrogens with one attached hydrogen (secondary N) is 1. The predicted molar refractivity (Wildman–Crippen MR) is 77.3 cm³/mol. The van der Waals surface area contributed by atoms with Crippen LogP contribution in [0.2, 0.25) is 0 Å². The van der Waals surface area contributed by atoms with Gasteiger partial charge in [-0.25, -0.2) is 0 Å². The van der Waals surface area contributed by atoms with Gasteiger partial charge in [-0.1, -0.05) is 12.8 Å². The molecule has 2 heterocycles. The van der Waals surface area contributed by atoms with Gasteiger partial charge < -0.3 is 10.4 Å². The standard InChI is InChI=1S/C15H29N3O/c19-14(11-17-9-6-16-7-10-17)12-18-8-5-13-3-1-2-4-15(13)18/h13-16,19H,1-12H2. The average molecular weight is 267 g/mol. The van der Waals surface area contributed by atoms with Crippen molar-refractivity contribution in [2.45, 2.75) is 44.2 Å². The fraction of sp³-hybridized carbons (Fsp3) is 1.00. The van der Waals surface area contributed by atoms with Crippen LogP contribution >= 0.6 is 0 Å². The van der Waals surface area contributed by atoms with Gasteiger partial charge in [-0.05, 0) is 31.7 Å². The molecule has 19 heavy (non-hydrogen) atoms. The van der Waals surface area contributed by atoms with Gasteiger partial charge in [-0.3, -0.25) is 9.80 Å². The van der Waals surface area contributed by atoms with Crippen molar-refractivity contribution in [2.24, 2.45) is 5.92 Å². The lowest BCUT2D eigenvalue weighted by Gasteiger charge is -2.34. The minimum atomic E-state index is -0.168. The molecule has 0 radical (unpaired) electrons. The summed E-state index contributed by atoms with van der Waals surface area (Å²) in [5.41, 5.74) is 0. The molecule has 3 unspecified atom stereocenters. The van der Waals surface area contributed by atoms with E-state index in [1.54, 1.807) is 0 Å². The zero-order valence-corrected chi connectivity index (χ0v) is 12.1. The van der Waals surface area contributed by atoms with Crippen molar-refractivity contribution in [2.75, 3.05) is 45.8 Å². The maximum absolute atomic E-state index is 10.3. The highest BCUT2D eigenvalue weighted by Crippen LogP contribution is 2.36. The molecule has 3 atom stereocenters. The molecular formula is C15H29N3O. The van der Waals surface area contributed by atoms with Crippen molar-refractivity contribution < 1.29 is 5.11 Å². The minimum absolute atomic E-state index is 0.168. The van der Waals surface area contributed by atoms with Crippen LogP contribution in [0.3, 0.4) is 0 Å². The Kier molecular flexibility index (Phi) is 4.74. The molecule has 2 aliphatic heterocycles. The van der Waals surface area contributed by atoms with Crippen LogP contribution in [-0.2, 0) is 0 Å². The van der Waals surface area contributed by atoms with Crippen LogP contribution in [0, 0.1) is 5.92 Å². The summed E-state index contributed by atoms with van der Waals surface area (Å²) in [6.07, 6.45) is 6.81. The number of nitrogens with zero attached hydrogens (tertiary/aromatic N) is 2. The summed E-state index contributed by atoms with van der Waals surface area (Å²) in [6.45, 7) is 7.28. The van der Waals surface area contributed by atoms with E-state index in [-0.39, 0.29) is 6.10 Å². The molecule has 110 valence electrons. The molecule has 3 rings (SSSR count). The first kappa shape index (κ1) is 13.8. The molecule has 2 saturated heterocycles. The van der Waals surface area contributed by atoms with Crippen LogP contribution in [0.25, 0.3) is 0 Å². The molecular weight excluding hydrogens is 238 g/mol. The molecule has 0 aromatic carbocycles. The topological polar surface area (TPSA) is 38.7 Å². The number of hydrogen-bond donors (Lipinski definition) is 2. The third-order valence-electron chi connectivity index (χ3n) is 5.25. The van der Waals surface area contributed by atoms with Crippen LogP contribution in [0.15, 0.2) is 0 Å². The number of β-amino-alcohol motifs (C(OH)–C–C–N with tert-alkyl or cyclic N) is 1. The molecule has 3 fully saturated rings. The van der Waals surface area contributed by atoms with Crippen molar-refractivity contribution in [3.8, 4) is 0 Å². The van der Waals surface area contributed by atoms with E-state index in [0.717, 1.165) is 51.2 Å². The number of likely N-dealkylation sites (tertiary alicyclic amines) is 1. The van der Waals surface area contributed by atoms with Crippen molar-refractivity contribution in [3.63, 3.8) is 0 Å². The number of aliphatic hydroxyl groups is 1. The first-order valence-electron chi connectivity index (χ1n) is 8.18. The minimum Gasteiger partial charge on any atom is -0.390 e. The first-order chi connectivity index (χ1) is 9.33. The molecule has 0 bridgehead atoms. The van der Waals surface area contributed by atoms with Gasteiger partial charge in [0.15, 0.2) is 0 Å². The summed E-state index contributed by atoms with van der Waals surface area (Å²) in [6, 6.07) is 0.784. The van der Waals surface area contributed by atoms with Gasteiger partial charge in [-0.2, -0.15) is 0 Å². The van der Waals surface area contributed by atoms with Crippen LogP contribution in [0.5, 0.6) is 0 Å². The Balaban J connectivity index is 1.45. The van der Waals surface area contributed by atoms with Gasteiger partial charge >= 0.3 is 0 Å². The van der Waals surface area contributed by atoms with Gasteiger partial charge in [0.25, 0.3) is 0 Å². The molecule has 1 saturated carbocycles. The Morgan fingerprint density at radius 2 is 1.79 bits per heavy atom. The second-order valence-corrected chi connectivity index (χ2v) is 6.60. The van der Waals surface area contributed by atoms with E-state index in [1.807, 2.05) is 0 Å². The number of piperazine rings is 1. The Morgan fingerprint density at radius 1 is 1.00 bits per heavy atom. The van der Waals surface area contributed by atoms with Gasteiger partial charge in [0, 0.05) is 45.3 Å². The Hall–Kier alpha value is -0.160. The summed E-state index contributed by atoms with van der Waals surface area (Å²) in [5.74, 6) is 0.931. The summed E-state index contributed by atoms with van der Waals surface area (Å²) in [5, 5.41) is 13.7. The summed E-state index contributed by atoms with van der Waals surface area (Å²) in [4.78, 5) is 4.98. The molecule has 0 spiro atoms. The van der Waals surface area contributed by atoms with E-state index >= 15 is 0 Å². The Morgan fingerprint density at radius 3 is 2.63 bits per heavy atom. The molecule has 1 aliphatic carbocycles. The van der Waals surface area contributed by atoms with E-state index in [2.05, 4.69) is 15.1 Å². The fourth-order valence-electron chi connectivity index (χ4n) is 4.25. The fourth-order valence-corrected chi connectivity index (χ4v) is 4.25. The van der Waals surface area contributed by atoms with Crippen molar-refractivity contribution in [1.29, 1.82) is 0 Å². The number of aliphatic hydroxyl groups excluding tert-OH is 1. The number of rotatable bonds is 4. The Bertz CT molecular complexity index is 281. The van der Waals surface area contributed by atoms with E-state index in [9.17, 15) is 5.11 Å². The average Bonchev–Trinajstić information content (AvgIpc) is 2.83. The third-order valence-corrected chi connectivity index (χ3v) is 5.25. The van der Waals surface area contributed by atoms with Gasteiger partial charge in [0.2, 0.25) is 0 Å². The molecule has 4 nitrogen and oxygen atoms in total. The summed E-state index contributed by atoms with van der Waals surface area (Å²) >= 11 is 0. The number of hydrogen-bond acceptors (Lipinski definition) is 4. The second kappa shape index (κ2) is 6.53. The highest BCUT2D eigenvalue weighted by atomic mass is 16.3. The monoisotopic (exact) mass is 267 g/mol. The Labute approximate surface area is 117 Å². The van der Waals surface area contributed by atoms with Crippen LogP contribution in [0.1, 0.15) is 32.1 Å². The lowest BCUT2D eigenvalue weighted by Crippen LogP contribution is -2.49. The lowest BCUT2D eigenvalue weighted by atomic mass is 9.85. The van der Waals surface area contributed by atoms with Gasteiger partial charge in [0.05, 0.1) is 6.10 Å². The lowest BCUT2D eigenvalue weighted by molar-refractivity contribution is 0.0566. The zero-order valence-electron chi connectivity index (χ0n) is 12.1. The largest absolute Gasteiger partial charge is 0.390 e. The summed E-state index contributed by atoms with van der Waals surface area (Å²) < 4.78 is 0. The van der Waals surface area contributed by atoms with Crippen molar-refractivity contribution in [1.82, 2.24) is 15.1 Å². The molecule has 2 N–H and O–H groups in total. The van der Waals surface area contributed by atoms with Crippen LogP contribution in [0.4, 0.5) is 0 Å². The predicted octanol–water partition coefficient (Wildman–Crippen LogP) is 0.517. The highest BCUT2D eigenvalue weighted by Gasteiger charge is 2.36. The van der Waals surface area contributed by atoms with Gasteiger partial charge in [-0.15, -0.1) is 0 Å². The maximum Gasteiger partial charge on any atom is 0.0793 e. The van der Waals surface area contributed by atoms with E-state index in [0.29, 0.717) is 0 Å². The molecule has 4 heteroatoms. The third kappa shape index (κ3) is 3.48. The summed E-state index contributed by atoms with van der Waals surface area (Å²) in [7, 11) is 0. The second-order valence-electron chi connectivity index (χ2n) is 6.60. The normalized spacial score (nSPS) is 35.2. The molecule has 3 aliphatic rings. The smallest absolute Gasteiger partial charge is 0.0793 e. The molecule has 0 aromatic heterocycles. The van der Waals surface area contributed by atoms with Crippen LogP contribution < -0.4 is 5.32 Å². The zero-order chi connectivity index (χ0) is 13.1. The maximum atomic E-state index is 10.3. The quantitative estimate of drug-likeness (QED) is 0.779. The number of fused-ring (bicyclic) bond motifs is 1. The van der Waals surface area contributed by atoms with Crippen LogP contribution in [-0.4, -0.2) is 72.9 Å². The van der Waals surface area contributed by atoms with Crippen molar-refractivity contribution >= 4 is 0 Å².